The molecular formula is C12H20N2O. The minimum Gasteiger partial charge on any atom is -0.338 e. The highest BCUT2D eigenvalue weighted by Gasteiger charge is 2.28. The Morgan fingerprint density at radius 1 is 1.47 bits per heavy atom. The van der Waals surface area contributed by atoms with E-state index in [-0.39, 0.29) is 0 Å². The van der Waals surface area contributed by atoms with Crippen molar-refractivity contribution in [3.8, 4) is 0 Å². The van der Waals surface area contributed by atoms with Crippen molar-refractivity contribution in [1.29, 1.82) is 0 Å². The lowest BCUT2D eigenvalue weighted by Gasteiger charge is -2.24. The molecule has 2 N–H and O–H groups in total. The van der Waals surface area contributed by atoms with Crippen LogP contribution >= 0.6 is 0 Å². The van der Waals surface area contributed by atoms with Gasteiger partial charge in [0.25, 0.3) is 0 Å². The molecule has 2 atom stereocenters. The van der Waals surface area contributed by atoms with Crippen LogP contribution in [0.2, 0.25) is 0 Å². The number of hydrogen-bond acceptors (Lipinski definition) is 2. The van der Waals surface area contributed by atoms with Crippen molar-refractivity contribution in [2.24, 2.45) is 11.7 Å². The zero-order valence-electron chi connectivity index (χ0n) is 9.19. The predicted molar refractivity (Wildman–Crippen MR) is 60.3 cm³/mol. The zero-order valence-corrected chi connectivity index (χ0v) is 9.19. The first-order valence-electron chi connectivity index (χ1n) is 5.97. The van der Waals surface area contributed by atoms with E-state index in [1.165, 1.54) is 0 Å². The Labute approximate surface area is 91.3 Å². The van der Waals surface area contributed by atoms with Gasteiger partial charge in [0.2, 0.25) is 5.91 Å². The summed E-state index contributed by atoms with van der Waals surface area (Å²) in [5.41, 5.74) is 5.66. The molecule has 1 amide bonds. The minimum atomic E-state index is 0.305. The maximum atomic E-state index is 12.0. The van der Waals surface area contributed by atoms with E-state index in [0.29, 0.717) is 30.8 Å². The van der Waals surface area contributed by atoms with Crippen LogP contribution in [0.15, 0.2) is 12.2 Å². The van der Waals surface area contributed by atoms with Crippen LogP contribution in [0.5, 0.6) is 0 Å². The smallest absolute Gasteiger partial charge is 0.223 e. The molecule has 1 fully saturated rings. The molecule has 2 aliphatic rings. The molecule has 0 radical (unpaired) electrons. The highest BCUT2D eigenvalue weighted by molar-refractivity contribution is 5.77. The minimum absolute atomic E-state index is 0.305. The number of carbonyl (C=O) groups is 1. The van der Waals surface area contributed by atoms with Gasteiger partial charge in [0, 0.05) is 25.6 Å². The van der Waals surface area contributed by atoms with E-state index < -0.39 is 0 Å². The molecule has 1 saturated heterocycles. The fraction of sp³-hybridized carbons (Fsp3) is 0.750. The van der Waals surface area contributed by atoms with Crippen LogP contribution in [0.4, 0.5) is 0 Å². The second-order valence-electron chi connectivity index (χ2n) is 4.59. The van der Waals surface area contributed by atoms with Gasteiger partial charge in [0.15, 0.2) is 0 Å². The maximum Gasteiger partial charge on any atom is 0.223 e. The van der Waals surface area contributed by atoms with Gasteiger partial charge in [-0.1, -0.05) is 12.2 Å². The SMILES string of the molecule is NCC1CCCN1C(=O)CC1C=CCC1. The lowest BCUT2D eigenvalue weighted by Crippen LogP contribution is -2.40. The summed E-state index contributed by atoms with van der Waals surface area (Å²) < 4.78 is 0. The summed E-state index contributed by atoms with van der Waals surface area (Å²) in [5.74, 6) is 0.788. The summed E-state index contributed by atoms with van der Waals surface area (Å²) >= 11 is 0. The molecule has 1 aliphatic carbocycles. The third-order valence-corrected chi connectivity index (χ3v) is 3.52. The van der Waals surface area contributed by atoms with Gasteiger partial charge < -0.3 is 10.6 Å². The van der Waals surface area contributed by atoms with Gasteiger partial charge in [-0.3, -0.25) is 4.79 Å². The van der Waals surface area contributed by atoms with Crippen molar-refractivity contribution >= 4 is 5.91 Å². The van der Waals surface area contributed by atoms with Crippen LogP contribution < -0.4 is 5.73 Å². The molecule has 1 aliphatic heterocycles. The van der Waals surface area contributed by atoms with Crippen molar-refractivity contribution < 1.29 is 4.79 Å². The average Bonchev–Trinajstić information content (AvgIpc) is 2.86. The van der Waals surface area contributed by atoms with Crippen LogP contribution in [-0.4, -0.2) is 29.9 Å². The lowest BCUT2D eigenvalue weighted by molar-refractivity contribution is -0.132. The third-order valence-electron chi connectivity index (χ3n) is 3.52. The largest absolute Gasteiger partial charge is 0.338 e. The molecule has 3 heteroatoms. The van der Waals surface area contributed by atoms with E-state index in [1.54, 1.807) is 0 Å². The topological polar surface area (TPSA) is 46.3 Å². The monoisotopic (exact) mass is 208 g/mol. The summed E-state index contributed by atoms with van der Waals surface area (Å²) in [6, 6.07) is 0.308. The van der Waals surface area contributed by atoms with E-state index in [0.717, 1.165) is 32.2 Å². The van der Waals surface area contributed by atoms with Gasteiger partial charge in [-0.05, 0) is 31.6 Å². The number of likely N-dealkylation sites (tertiary alicyclic amines) is 1. The van der Waals surface area contributed by atoms with Gasteiger partial charge in [0.05, 0.1) is 0 Å². The molecule has 84 valence electrons. The third kappa shape index (κ3) is 2.40. The summed E-state index contributed by atoms with van der Waals surface area (Å²) in [4.78, 5) is 14.0. The molecule has 0 aromatic rings. The first kappa shape index (κ1) is 10.7. The normalized spacial score (nSPS) is 30.1. The highest BCUT2D eigenvalue weighted by Crippen LogP contribution is 2.24. The van der Waals surface area contributed by atoms with Gasteiger partial charge in [-0.25, -0.2) is 0 Å². The van der Waals surface area contributed by atoms with Crippen LogP contribution in [0.3, 0.4) is 0 Å². The number of nitrogens with two attached hydrogens (primary N) is 1. The Morgan fingerprint density at radius 3 is 3.00 bits per heavy atom. The number of allylic oxidation sites excluding steroid dienone is 2. The van der Waals surface area contributed by atoms with Crippen molar-refractivity contribution in [1.82, 2.24) is 4.90 Å². The van der Waals surface area contributed by atoms with Crippen molar-refractivity contribution in [3.05, 3.63) is 12.2 Å². The molecule has 2 rings (SSSR count). The summed E-state index contributed by atoms with van der Waals surface area (Å²) in [6.07, 6.45) is 9.54. The molecule has 1 heterocycles. The Hall–Kier alpha value is -0.830. The summed E-state index contributed by atoms with van der Waals surface area (Å²) in [6.45, 7) is 1.53. The van der Waals surface area contributed by atoms with E-state index in [9.17, 15) is 4.79 Å². The lowest BCUT2D eigenvalue weighted by atomic mass is 10.0. The number of rotatable bonds is 3. The Kier molecular flexibility index (Phi) is 3.41. The van der Waals surface area contributed by atoms with Crippen LogP contribution in [0.25, 0.3) is 0 Å². The standard InChI is InChI=1S/C12H20N2O/c13-9-11-6-3-7-14(11)12(15)8-10-4-1-2-5-10/h1,4,10-11H,2-3,5-9,13H2. The quantitative estimate of drug-likeness (QED) is 0.710. The van der Waals surface area contributed by atoms with E-state index in [4.69, 9.17) is 5.73 Å². The van der Waals surface area contributed by atoms with E-state index in [2.05, 4.69) is 12.2 Å². The molecular weight excluding hydrogens is 188 g/mol. The first-order valence-corrected chi connectivity index (χ1v) is 5.97. The van der Waals surface area contributed by atoms with Crippen molar-refractivity contribution in [3.63, 3.8) is 0 Å². The average molecular weight is 208 g/mol. The molecule has 0 spiro atoms. The van der Waals surface area contributed by atoms with Crippen molar-refractivity contribution in [2.75, 3.05) is 13.1 Å². The molecule has 2 unspecified atom stereocenters. The fourth-order valence-corrected chi connectivity index (χ4v) is 2.62. The molecule has 0 bridgehead atoms. The second kappa shape index (κ2) is 4.79. The zero-order chi connectivity index (χ0) is 10.7. The number of hydrogen-bond donors (Lipinski definition) is 1. The maximum absolute atomic E-state index is 12.0. The van der Waals surface area contributed by atoms with Crippen LogP contribution in [-0.2, 0) is 4.79 Å². The predicted octanol–water partition coefficient (Wildman–Crippen LogP) is 1.29. The van der Waals surface area contributed by atoms with Crippen LogP contribution in [0.1, 0.15) is 32.1 Å². The Bertz CT molecular complexity index is 262. The van der Waals surface area contributed by atoms with Gasteiger partial charge in [-0.2, -0.15) is 0 Å². The van der Waals surface area contributed by atoms with E-state index >= 15 is 0 Å². The highest BCUT2D eigenvalue weighted by atomic mass is 16.2. The second-order valence-corrected chi connectivity index (χ2v) is 4.59. The summed E-state index contributed by atoms with van der Waals surface area (Å²) in [5, 5.41) is 0. The molecule has 15 heavy (non-hydrogen) atoms. The number of carbonyl (C=O) groups excluding carboxylic acids is 1. The van der Waals surface area contributed by atoms with Crippen molar-refractivity contribution in [2.45, 2.75) is 38.1 Å². The van der Waals surface area contributed by atoms with E-state index in [1.807, 2.05) is 4.90 Å². The molecule has 0 aromatic carbocycles. The Morgan fingerprint density at radius 2 is 2.33 bits per heavy atom. The molecule has 0 aromatic heterocycles. The first-order chi connectivity index (χ1) is 7.31. The summed E-state index contributed by atoms with van der Waals surface area (Å²) in [7, 11) is 0. The fourth-order valence-electron chi connectivity index (χ4n) is 2.62. The molecule has 0 saturated carbocycles. The van der Waals surface area contributed by atoms with Gasteiger partial charge in [-0.15, -0.1) is 0 Å². The van der Waals surface area contributed by atoms with Gasteiger partial charge >= 0.3 is 0 Å². The number of nitrogens with zero attached hydrogens (tertiary/aromatic N) is 1. The van der Waals surface area contributed by atoms with Crippen LogP contribution in [0, 0.1) is 5.92 Å². The Balaban J connectivity index is 1.86. The number of amides is 1. The molecule has 3 nitrogen and oxygen atoms in total. The van der Waals surface area contributed by atoms with Gasteiger partial charge in [0.1, 0.15) is 0 Å².